The van der Waals surface area contributed by atoms with Crippen LogP contribution in [0.5, 0.6) is 0 Å². The second-order valence-corrected chi connectivity index (χ2v) is 4.80. The summed E-state index contributed by atoms with van der Waals surface area (Å²) in [6.45, 7) is 6.52. The van der Waals surface area contributed by atoms with Crippen LogP contribution < -0.4 is 10.6 Å². The topological polar surface area (TPSA) is 54.0 Å². The number of hydrogen-bond acceptors (Lipinski definition) is 4. The standard InChI is InChI=1S/C11H19N3OS/c1-5-10-14-8(3)11(16-10)7(2)13-6-9(15)12-4/h7,13H,5-6H2,1-4H3,(H,12,15). The Morgan fingerprint density at radius 3 is 2.75 bits per heavy atom. The highest BCUT2D eigenvalue weighted by molar-refractivity contribution is 7.11. The predicted octanol–water partition coefficient (Wildman–Crippen LogP) is 1.41. The molecule has 5 heteroatoms. The number of nitrogens with zero attached hydrogens (tertiary/aromatic N) is 1. The lowest BCUT2D eigenvalue weighted by molar-refractivity contribution is -0.119. The van der Waals surface area contributed by atoms with E-state index in [0.717, 1.165) is 17.1 Å². The third-order valence-corrected chi connectivity index (χ3v) is 3.90. The van der Waals surface area contributed by atoms with E-state index in [1.54, 1.807) is 18.4 Å². The van der Waals surface area contributed by atoms with Gasteiger partial charge >= 0.3 is 0 Å². The van der Waals surface area contributed by atoms with Crippen LogP contribution in [0.15, 0.2) is 0 Å². The number of amides is 1. The summed E-state index contributed by atoms with van der Waals surface area (Å²) >= 11 is 1.72. The third kappa shape index (κ3) is 3.28. The Morgan fingerprint density at radius 2 is 2.25 bits per heavy atom. The first-order chi connectivity index (χ1) is 7.58. The van der Waals surface area contributed by atoms with Gasteiger partial charge in [-0.25, -0.2) is 4.98 Å². The number of thiazole rings is 1. The van der Waals surface area contributed by atoms with Crippen molar-refractivity contribution in [3.8, 4) is 0 Å². The fourth-order valence-corrected chi connectivity index (χ4v) is 2.48. The molecule has 1 unspecified atom stereocenters. The molecule has 0 aliphatic rings. The minimum Gasteiger partial charge on any atom is -0.358 e. The summed E-state index contributed by atoms with van der Waals surface area (Å²) in [6.07, 6.45) is 0.966. The second-order valence-electron chi connectivity index (χ2n) is 3.69. The van der Waals surface area contributed by atoms with Gasteiger partial charge in [-0.3, -0.25) is 4.79 Å². The fraction of sp³-hybridized carbons (Fsp3) is 0.636. The summed E-state index contributed by atoms with van der Waals surface area (Å²) < 4.78 is 0. The maximum atomic E-state index is 11.1. The van der Waals surface area contributed by atoms with Gasteiger partial charge in [-0.2, -0.15) is 0 Å². The van der Waals surface area contributed by atoms with Crippen LogP contribution in [0.25, 0.3) is 0 Å². The molecule has 0 saturated carbocycles. The Hall–Kier alpha value is -0.940. The van der Waals surface area contributed by atoms with E-state index in [2.05, 4.69) is 29.5 Å². The van der Waals surface area contributed by atoms with Crippen molar-refractivity contribution in [2.75, 3.05) is 13.6 Å². The van der Waals surface area contributed by atoms with Crippen molar-refractivity contribution in [1.29, 1.82) is 0 Å². The van der Waals surface area contributed by atoms with Gasteiger partial charge in [0.2, 0.25) is 5.91 Å². The number of rotatable bonds is 5. The first-order valence-electron chi connectivity index (χ1n) is 5.48. The Balaban J connectivity index is 2.61. The Kier molecular flexibility index (Phi) is 4.89. The van der Waals surface area contributed by atoms with E-state index < -0.39 is 0 Å². The molecule has 1 aromatic heterocycles. The van der Waals surface area contributed by atoms with Crippen molar-refractivity contribution >= 4 is 17.2 Å². The summed E-state index contributed by atoms with van der Waals surface area (Å²) in [5.74, 6) is 0.00438. The third-order valence-electron chi connectivity index (χ3n) is 2.42. The number of carbonyl (C=O) groups is 1. The molecule has 1 rings (SSSR count). The summed E-state index contributed by atoms with van der Waals surface area (Å²) in [7, 11) is 1.64. The Morgan fingerprint density at radius 1 is 1.56 bits per heavy atom. The highest BCUT2D eigenvalue weighted by Gasteiger charge is 2.13. The number of aromatic nitrogens is 1. The van der Waals surface area contributed by atoms with Gasteiger partial charge in [0.05, 0.1) is 17.2 Å². The van der Waals surface area contributed by atoms with Gasteiger partial charge in [-0.05, 0) is 20.3 Å². The normalized spacial score (nSPS) is 12.5. The Labute approximate surface area is 100 Å². The van der Waals surface area contributed by atoms with Crippen LogP contribution in [0.1, 0.15) is 35.5 Å². The second kappa shape index (κ2) is 5.96. The molecule has 0 spiro atoms. The monoisotopic (exact) mass is 241 g/mol. The molecule has 2 N–H and O–H groups in total. The lowest BCUT2D eigenvalue weighted by Crippen LogP contribution is -2.32. The molecule has 0 bridgehead atoms. The molecular weight excluding hydrogens is 222 g/mol. The van der Waals surface area contributed by atoms with Crippen molar-refractivity contribution in [2.45, 2.75) is 33.2 Å². The molecule has 1 heterocycles. The molecule has 1 atom stereocenters. The maximum Gasteiger partial charge on any atom is 0.233 e. The molecule has 4 nitrogen and oxygen atoms in total. The van der Waals surface area contributed by atoms with Gasteiger partial charge in [0.25, 0.3) is 0 Å². The van der Waals surface area contributed by atoms with E-state index >= 15 is 0 Å². The highest BCUT2D eigenvalue weighted by atomic mass is 32.1. The molecule has 0 aromatic carbocycles. The van der Waals surface area contributed by atoms with Crippen LogP contribution in [0.4, 0.5) is 0 Å². The van der Waals surface area contributed by atoms with E-state index in [1.165, 1.54) is 4.88 Å². The fourth-order valence-electron chi connectivity index (χ4n) is 1.45. The maximum absolute atomic E-state index is 11.1. The quantitative estimate of drug-likeness (QED) is 0.819. The van der Waals surface area contributed by atoms with Crippen LogP contribution in [0.3, 0.4) is 0 Å². The van der Waals surface area contributed by atoms with Gasteiger partial charge in [-0.15, -0.1) is 11.3 Å². The van der Waals surface area contributed by atoms with Crippen molar-refractivity contribution in [1.82, 2.24) is 15.6 Å². The number of aryl methyl sites for hydroxylation is 2. The molecule has 16 heavy (non-hydrogen) atoms. The summed E-state index contributed by atoms with van der Waals surface area (Å²) in [5.41, 5.74) is 1.07. The molecule has 0 radical (unpaired) electrons. The SMILES string of the molecule is CCc1nc(C)c(C(C)NCC(=O)NC)s1. The number of hydrogen-bond donors (Lipinski definition) is 2. The molecule has 1 aromatic rings. The molecular formula is C11H19N3OS. The predicted molar refractivity (Wildman–Crippen MR) is 66.7 cm³/mol. The molecule has 90 valence electrons. The van der Waals surface area contributed by atoms with Gasteiger partial charge < -0.3 is 10.6 Å². The zero-order chi connectivity index (χ0) is 12.1. The van der Waals surface area contributed by atoms with Crippen LogP contribution >= 0.6 is 11.3 Å². The van der Waals surface area contributed by atoms with Crippen LogP contribution in [-0.2, 0) is 11.2 Å². The van der Waals surface area contributed by atoms with Crippen molar-refractivity contribution < 1.29 is 4.79 Å². The van der Waals surface area contributed by atoms with E-state index in [0.29, 0.717) is 6.54 Å². The van der Waals surface area contributed by atoms with Crippen molar-refractivity contribution in [3.63, 3.8) is 0 Å². The van der Waals surface area contributed by atoms with E-state index in [9.17, 15) is 4.79 Å². The van der Waals surface area contributed by atoms with Gasteiger partial charge in [-0.1, -0.05) is 6.92 Å². The average molecular weight is 241 g/mol. The van der Waals surface area contributed by atoms with E-state index in [4.69, 9.17) is 0 Å². The first-order valence-corrected chi connectivity index (χ1v) is 6.30. The van der Waals surface area contributed by atoms with E-state index in [1.807, 2.05) is 6.92 Å². The van der Waals surface area contributed by atoms with Crippen LogP contribution in [-0.4, -0.2) is 24.5 Å². The summed E-state index contributed by atoms with van der Waals surface area (Å²) in [4.78, 5) is 16.8. The molecule has 1 amide bonds. The first kappa shape index (κ1) is 13.1. The number of likely N-dealkylation sites (N-methyl/N-ethyl adjacent to an activating group) is 1. The smallest absolute Gasteiger partial charge is 0.233 e. The van der Waals surface area contributed by atoms with Gasteiger partial charge in [0.15, 0.2) is 0 Å². The molecule has 0 saturated heterocycles. The Bertz CT molecular complexity index is 362. The molecule has 0 fully saturated rings. The molecule has 0 aliphatic heterocycles. The lowest BCUT2D eigenvalue weighted by atomic mass is 10.2. The number of carbonyl (C=O) groups excluding carboxylic acids is 1. The average Bonchev–Trinajstić information content (AvgIpc) is 2.67. The minimum absolute atomic E-state index is 0.00438. The summed E-state index contributed by atoms with van der Waals surface area (Å²) in [6, 6.07) is 0.176. The van der Waals surface area contributed by atoms with Crippen molar-refractivity contribution in [2.24, 2.45) is 0 Å². The van der Waals surface area contributed by atoms with Crippen LogP contribution in [0, 0.1) is 6.92 Å². The van der Waals surface area contributed by atoms with Crippen molar-refractivity contribution in [3.05, 3.63) is 15.6 Å². The number of nitrogens with one attached hydrogen (secondary N) is 2. The van der Waals surface area contributed by atoms with E-state index in [-0.39, 0.29) is 11.9 Å². The minimum atomic E-state index is 0.00438. The zero-order valence-electron chi connectivity index (χ0n) is 10.3. The van der Waals surface area contributed by atoms with Gasteiger partial charge in [0, 0.05) is 18.0 Å². The van der Waals surface area contributed by atoms with Crippen LogP contribution in [0.2, 0.25) is 0 Å². The zero-order valence-corrected chi connectivity index (χ0v) is 11.1. The molecule has 0 aliphatic carbocycles. The van der Waals surface area contributed by atoms with Gasteiger partial charge in [0.1, 0.15) is 0 Å². The summed E-state index contributed by atoms with van der Waals surface area (Å²) in [5, 5.41) is 6.93. The largest absolute Gasteiger partial charge is 0.358 e. The highest BCUT2D eigenvalue weighted by Crippen LogP contribution is 2.24. The lowest BCUT2D eigenvalue weighted by Gasteiger charge is -2.11.